The Labute approximate surface area is 177 Å². The number of carbonyl (C=O) groups excluding carboxylic acids is 2. The number of rotatable bonds is 5. The number of hydrogen-bond donors (Lipinski definition) is 0. The number of ether oxygens (including phenoxy) is 1. The third-order valence-electron chi connectivity index (χ3n) is 3.93. The van der Waals surface area contributed by atoms with Gasteiger partial charge in [-0.15, -0.1) is 0 Å². The Hall–Kier alpha value is -2.82. The Balaban J connectivity index is 2.01. The summed E-state index contributed by atoms with van der Waals surface area (Å²) in [7, 11) is 1.28. The predicted octanol–water partition coefficient (Wildman–Crippen LogP) is 3.95. The third kappa shape index (κ3) is 4.61. The molecule has 0 N–H and O–H groups in total. The second-order valence-corrected chi connectivity index (χ2v) is 8.29. The summed E-state index contributed by atoms with van der Waals surface area (Å²) < 4.78 is 7.16. The largest absolute Gasteiger partial charge is 0.468 e. The summed E-state index contributed by atoms with van der Waals surface area (Å²) in [5.41, 5.74) is 1.47. The molecule has 0 aliphatic carbocycles. The van der Waals surface area contributed by atoms with Gasteiger partial charge in [-0.25, -0.2) is 0 Å². The van der Waals surface area contributed by atoms with E-state index in [-0.39, 0.29) is 11.5 Å². The number of nitro groups is 1. The van der Waals surface area contributed by atoms with Gasteiger partial charge in [-0.2, -0.15) is 4.99 Å². The van der Waals surface area contributed by atoms with Crippen LogP contribution < -0.4 is 4.80 Å². The Kier molecular flexibility index (Phi) is 6.26. The Morgan fingerprint density at radius 3 is 2.72 bits per heavy atom. The van der Waals surface area contributed by atoms with E-state index in [2.05, 4.69) is 4.99 Å². The van der Waals surface area contributed by atoms with E-state index in [1.54, 1.807) is 22.8 Å². The van der Waals surface area contributed by atoms with Crippen molar-refractivity contribution >= 4 is 67.4 Å². The van der Waals surface area contributed by atoms with Crippen LogP contribution in [-0.4, -0.2) is 28.5 Å². The molecule has 0 saturated carbocycles. The number of halogens is 1. The third-order valence-corrected chi connectivity index (χ3v) is 6.39. The molecule has 0 atom stereocenters. The minimum Gasteiger partial charge on any atom is -0.468 e. The number of benzene rings is 1. The van der Waals surface area contributed by atoms with Crippen LogP contribution in [0.25, 0.3) is 16.3 Å². The van der Waals surface area contributed by atoms with Crippen molar-refractivity contribution in [1.29, 1.82) is 0 Å². The van der Waals surface area contributed by atoms with Crippen molar-refractivity contribution in [2.45, 2.75) is 13.5 Å². The normalized spacial score (nSPS) is 12.0. The minimum absolute atomic E-state index is 0.0122. The number of aryl methyl sites for hydroxylation is 1. The number of esters is 1. The molecule has 3 rings (SSSR count). The number of hydrogen-bond acceptors (Lipinski definition) is 7. The molecule has 150 valence electrons. The monoisotopic (exact) mass is 451 g/mol. The zero-order valence-corrected chi connectivity index (χ0v) is 17.6. The smallest absolute Gasteiger partial charge is 0.325 e. The first-order valence-corrected chi connectivity index (χ1v) is 10.2. The minimum atomic E-state index is -0.560. The molecule has 0 aliphatic rings. The summed E-state index contributed by atoms with van der Waals surface area (Å²) in [6.07, 6.45) is 2.69. The molecular formula is C18H14ClN3O5S2. The Morgan fingerprint density at radius 2 is 2.07 bits per heavy atom. The van der Waals surface area contributed by atoms with E-state index in [1.165, 1.54) is 36.7 Å². The van der Waals surface area contributed by atoms with Crippen molar-refractivity contribution in [1.82, 2.24) is 4.57 Å². The average Bonchev–Trinajstić information content (AvgIpc) is 3.29. The fourth-order valence-corrected chi connectivity index (χ4v) is 4.53. The van der Waals surface area contributed by atoms with E-state index >= 15 is 0 Å². The Morgan fingerprint density at radius 1 is 1.31 bits per heavy atom. The highest BCUT2D eigenvalue weighted by Gasteiger charge is 2.15. The molecule has 0 bridgehead atoms. The second kappa shape index (κ2) is 8.68. The molecule has 0 saturated heterocycles. The van der Waals surface area contributed by atoms with Crippen molar-refractivity contribution in [2.24, 2.45) is 4.99 Å². The molecule has 0 aliphatic heterocycles. The summed E-state index contributed by atoms with van der Waals surface area (Å²) in [5, 5.41) is 11.3. The van der Waals surface area contributed by atoms with Crippen LogP contribution in [0.3, 0.4) is 0 Å². The van der Waals surface area contributed by atoms with Gasteiger partial charge in [0.05, 0.1) is 22.2 Å². The first kappa shape index (κ1) is 20.9. The number of amides is 1. The van der Waals surface area contributed by atoms with Crippen molar-refractivity contribution in [2.75, 3.05) is 7.11 Å². The zero-order chi connectivity index (χ0) is 21.1. The quantitative estimate of drug-likeness (QED) is 0.253. The number of aromatic nitrogens is 1. The van der Waals surface area contributed by atoms with E-state index in [1.807, 2.05) is 6.92 Å². The number of carbonyl (C=O) groups is 2. The lowest BCUT2D eigenvalue weighted by Crippen LogP contribution is -2.22. The van der Waals surface area contributed by atoms with Crippen molar-refractivity contribution in [3.05, 3.63) is 60.7 Å². The zero-order valence-electron chi connectivity index (χ0n) is 15.2. The molecule has 3 aromatic rings. The fraction of sp³-hybridized carbons (Fsp3) is 0.167. The molecule has 2 heterocycles. The fourth-order valence-electron chi connectivity index (χ4n) is 2.56. The number of thiazole rings is 1. The molecule has 1 amide bonds. The maximum Gasteiger partial charge on any atom is 0.325 e. The van der Waals surface area contributed by atoms with Gasteiger partial charge in [-0.1, -0.05) is 34.3 Å². The van der Waals surface area contributed by atoms with E-state index in [9.17, 15) is 19.7 Å². The first-order chi connectivity index (χ1) is 13.8. The van der Waals surface area contributed by atoms with Crippen LogP contribution in [0.2, 0.25) is 5.02 Å². The molecule has 2 aromatic heterocycles. The second-order valence-electron chi connectivity index (χ2n) is 5.78. The lowest BCUT2D eigenvalue weighted by Gasteiger charge is -2.06. The van der Waals surface area contributed by atoms with Gasteiger partial charge in [0.25, 0.3) is 5.91 Å². The SMILES string of the molecule is COC(=O)Cn1c(=NC(=O)C=Cc2ccc([N+](=O)[O-])s2)sc2ccc(Cl)c(C)c21. The standard InChI is InChI=1S/C18H14ClN3O5S2/c1-10-12(19)5-6-13-17(10)21(9-16(24)27-2)18(29-13)20-14(23)7-3-11-4-8-15(28-11)22(25)26/h3-8H,9H2,1-2H3. The molecule has 0 spiro atoms. The molecule has 0 radical (unpaired) electrons. The van der Waals surface area contributed by atoms with Gasteiger partial charge in [-0.3, -0.25) is 19.7 Å². The van der Waals surface area contributed by atoms with Gasteiger partial charge in [-0.05, 0) is 36.8 Å². The van der Waals surface area contributed by atoms with Gasteiger partial charge in [0.1, 0.15) is 6.54 Å². The average molecular weight is 452 g/mol. The van der Waals surface area contributed by atoms with Crippen LogP contribution in [-0.2, 0) is 20.9 Å². The van der Waals surface area contributed by atoms with E-state index in [4.69, 9.17) is 16.3 Å². The lowest BCUT2D eigenvalue weighted by molar-refractivity contribution is -0.380. The number of fused-ring (bicyclic) bond motifs is 1. The number of nitrogens with zero attached hydrogens (tertiary/aromatic N) is 3. The highest BCUT2D eigenvalue weighted by Crippen LogP contribution is 2.27. The van der Waals surface area contributed by atoms with Gasteiger partial charge >= 0.3 is 11.0 Å². The van der Waals surface area contributed by atoms with Crippen LogP contribution in [0, 0.1) is 17.0 Å². The van der Waals surface area contributed by atoms with Crippen LogP contribution in [0.1, 0.15) is 10.4 Å². The summed E-state index contributed by atoms with van der Waals surface area (Å²) in [4.78, 5) is 39.4. The summed E-state index contributed by atoms with van der Waals surface area (Å²) >= 11 is 8.41. The molecule has 8 nitrogen and oxygen atoms in total. The molecule has 0 fully saturated rings. The highest BCUT2D eigenvalue weighted by atomic mass is 35.5. The van der Waals surface area contributed by atoms with Crippen LogP contribution in [0.4, 0.5) is 5.00 Å². The Bertz CT molecular complexity index is 1220. The summed E-state index contributed by atoms with van der Waals surface area (Å²) in [6, 6.07) is 6.46. The van der Waals surface area contributed by atoms with Gasteiger partial charge in [0.15, 0.2) is 4.80 Å². The topological polar surface area (TPSA) is 104 Å². The van der Waals surface area contributed by atoms with Gasteiger partial charge < -0.3 is 9.30 Å². The summed E-state index contributed by atoms with van der Waals surface area (Å²) in [5.74, 6) is -1.05. The van der Waals surface area contributed by atoms with Crippen LogP contribution in [0.5, 0.6) is 0 Å². The maximum absolute atomic E-state index is 12.3. The predicted molar refractivity (Wildman–Crippen MR) is 112 cm³/mol. The molecule has 0 unspecified atom stereocenters. The highest BCUT2D eigenvalue weighted by molar-refractivity contribution is 7.16. The van der Waals surface area contributed by atoms with Crippen LogP contribution >= 0.6 is 34.3 Å². The van der Waals surface area contributed by atoms with Crippen molar-refractivity contribution < 1.29 is 19.2 Å². The van der Waals surface area contributed by atoms with Crippen molar-refractivity contribution in [3.8, 4) is 0 Å². The van der Waals surface area contributed by atoms with Gasteiger partial charge in [0, 0.05) is 22.0 Å². The van der Waals surface area contributed by atoms with E-state index in [0.717, 1.165) is 21.6 Å². The van der Waals surface area contributed by atoms with Crippen molar-refractivity contribution in [3.63, 3.8) is 0 Å². The number of methoxy groups -OCH3 is 1. The molecule has 29 heavy (non-hydrogen) atoms. The van der Waals surface area contributed by atoms with E-state index in [0.29, 0.717) is 20.2 Å². The maximum atomic E-state index is 12.3. The molecule has 1 aromatic carbocycles. The van der Waals surface area contributed by atoms with E-state index < -0.39 is 16.8 Å². The first-order valence-electron chi connectivity index (χ1n) is 8.16. The summed E-state index contributed by atoms with van der Waals surface area (Å²) in [6.45, 7) is 1.70. The number of thiophene rings is 1. The van der Waals surface area contributed by atoms with Crippen LogP contribution in [0.15, 0.2) is 35.3 Å². The molecule has 11 heteroatoms. The lowest BCUT2D eigenvalue weighted by atomic mass is 10.2. The molecular weight excluding hydrogens is 438 g/mol. The van der Waals surface area contributed by atoms with Gasteiger partial charge in [0.2, 0.25) is 0 Å².